The average molecular weight is 318 g/mol. The van der Waals surface area contributed by atoms with Crippen LogP contribution in [0.2, 0.25) is 0 Å². The van der Waals surface area contributed by atoms with Crippen LogP contribution in [0.1, 0.15) is 31.3 Å². The minimum Gasteiger partial charge on any atom is -0.378 e. The van der Waals surface area contributed by atoms with Gasteiger partial charge in [0.1, 0.15) is 11.6 Å². The van der Waals surface area contributed by atoms with E-state index in [0.29, 0.717) is 12.6 Å². The number of morpholine rings is 1. The number of thiophene rings is 1. The Kier molecular flexibility index (Phi) is 5.02. The van der Waals surface area contributed by atoms with Crippen LogP contribution in [-0.4, -0.2) is 40.7 Å². The molecule has 1 atom stereocenters. The molecule has 2 aromatic heterocycles. The Labute approximate surface area is 135 Å². The summed E-state index contributed by atoms with van der Waals surface area (Å²) in [5, 5.41) is 7.65. The Morgan fingerprint density at radius 3 is 3.14 bits per heavy atom. The Balaban J connectivity index is 1.78. The van der Waals surface area contributed by atoms with Crippen LogP contribution in [0.4, 0.5) is 5.82 Å². The van der Waals surface area contributed by atoms with Gasteiger partial charge >= 0.3 is 0 Å². The first-order chi connectivity index (χ1) is 10.7. The second-order valence-electron chi connectivity index (χ2n) is 5.79. The van der Waals surface area contributed by atoms with Gasteiger partial charge in [0, 0.05) is 25.3 Å². The second-order valence-corrected chi connectivity index (χ2v) is 6.57. The van der Waals surface area contributed by atoms with Crippen molar-refractivity contribution in [2.24, 2.45) is 0 Å². The predicted octanol–water partition coefficient (Wildman–Crippen LogP) is 2.93. The number of nitrogens with zero attached hydrogens (tertiary/aromatic N) is 3. The molecule has 1 aliphatic heterocycles. The Bertz CT molecular complexity index is 588. The average Bonchev–Trinajstić information content (AvgIpc) is 3.00. The highest BCUT2D eigenvalue weighted by Gasteiger charge is 2.27. The zero-order valence-electron chi connectivity index (χ0n) is 13.0. The number of hydrogen-bond acceptors (Lipinski definition) is 6. The molecule has 0 amide bonds. The molecule has 0 saturated carbocycles. The lowest BCUT2D eigenvalue weighted by Gasteiger charge is -2.34. The maximum Gasteiger partial charge on any atom is 0.150 e. The van der Waals surface area contributed by atoms with Crippen molar-refractivity contribution >= 4 is 17.2 Å². The van der Waals surface area contributed by atoms with Gasteiger partial charge in [0.2, 0.25) is 0 Å². The highest BCUT2D eigenvalue weighted by molar-refractivity contribution is 7.07. The molecular weight excluding hydrogens is 296 g/mol. The lowest BCUT2D eigenvalue weighted by Crippen LogP contribution is -2.39. The van der Waals surface area contributed by atoms with Crippen molar-refractivity contribution in [3.63, 3.8) is 0 Å². The van der Waals surface area contributed by atoms with Gasteiger partial charge in [0.15, 0.2) is 0 Å². The summed E-state index contributed by atoms with van der Waals surface area (Å²) < 4.78 is 5.67. The molecule has 3 rings (SSSR count). The minimum atomic E-state index is 0.113. The third-order valence-electron chi connectivity index (χ3n) is 3.61. The fourth-order valence-corrected chi connectivity index (χ4v) is 3.25. The molecular formula is C16H22N4OS. The van der Waals surface area contributed by atoms with Gasteiger partial charge in [0.25, 0.3) is 0 Å². The topological polar surface area (TPSA) is 50.3 Å². The van der Waals surface area contributed by atoms with Crippen LogP contribution in [0.5, 0.6) is 0 Å². The van der Waals surface area contributed by atoms with Gasteiger partial charge in [-0.3, -0.25) is 4.90 Å². The number of rotatable bonds is 5. The molecule has 1 saturated heterocycles. The molecule has 118 valence electrons. The molecule has 5 nitrogen and oxygen atoms in total. The molecule has 1 unspecified atom stereocenters. The SMILES string of the molecule is CC(C)Nc1ccnc(C2COCCN2Cc2ccsc2)n1. The van der Waals surface area contributed by atoms with Crippen LogP contribution in [0.25, 0.3) is 0 Å². The zero-order valence-corrected chi connectivity index (χ0v) is 13.8. The van der Waals surface area contributed by atoms with E-state index in [9.17, 15) is 0 Å². The summed E-state index contributed by atoms with van der Waals surface area (Å²) >= 11 is 1.74. The lowest BCUT2D eigenvalue weighted by molar-refractivity contribution is -0.0158. The molecule has 1 N–H and O–H groups in total. The van der Waals surface area contributed by atoms with E-state index in [1.54, 1.807) is 11.3 Å². The first-order valence-electron chi connectivity index (χ1n) is 7.64. The third kappa shape index (κ3) is 3.82. The molecule has 0 radical (unpaired) electrons. The summed E-state index contributed by atoms with van der Waals surface area (Å²) in [6, 6.07) is 4.56. The van der Waals surface area contributed by atoms with Crippen molar-refractivity contribution in [1.29, 1.82) is 0 Å². The Hall–Kier alpha value is -1.50. The van der Waals surface area contributed by atoms with Crippen molar-refractivity contribution in [2.45, 2.75) is 32.5 Å². The standard InChI is InChI=1S/C16H22N4OS/c1-12(2)18-15-3-5-17-16(19-15)14-10-21-7-6-20(14)9-13-4-8-22-11-13/h3-5,8,11-12,14H,6-7,9-10H2,1-2H3,(H,17,18,19). The van der Waals surface area contributed by atoms with Crippen molar-refractivity contribution in [1.82, 2.24) is 14.9 Å². The molecule has 1 fully saturated rings. The van der Waals surface area contributed by atoms with Crippen LogP contribution < -0.4 is 5.32 Å². The first-order valence-corrected chi connectivity index (χ1v) is 8.59. The molecule has 0 spiro atoms. The minimum absolute atomic E-state index is 0.113. The summed E-state index contributed by atoms with van der Waals surface area (Å²) in [4.78, 5) is 11.6. The van der Waals surface area contributed by atoms with Crippen LogP contribution in [0.15, 0.2) is 29.1 Å². The van der Waals surface area contributed by atoms with E-state index in [4.69, 9.17) is 4.74 Å². The van der Waals surface area contributed by atoms with E-state index >= 15 is 0 Å². The van der Waals surface area contributed by atoms with Gasteiger partial charge in [-0.25, -0.2) is 9.97 Å². The van der Waals surface area contributed by atoms with Gasteiger partial charge in [0.05, 0.1) is 19.3 Å². The van der Waals surface area contributed by atoms with Crippen LogP contribution >= 0.6 is 11.3 Å². The fraction of sp³-hybridized carbons (Fsp3) is 0.500. The lowest BCUT2D eigenvalue weighted by atomic mass is 10.2. The van der Waals surface area contributed by atoms with E-state index in [-0.39, 0.29) is 6.04 Å². The normalized spacial score (nSPS) is 19.5. The van der Waals surface area contributed by atoms with Gasteiger partial charge in [-0.2, -0.15) is 11.3 Å². The van der Waals surface area contributed by atoms with Crippen LogP contribution in [0.3, 0.4) is 0 Å². The Morgan fingerprint density at radius 1 is 1.45 bits per heavy atom. The maximum absolute atomic E-state index is 5.67. The molecule has 0 bridgehead atoms. The highest BCUT2D eigenvalue weighted by atomic mass is 32.1. The molecule has 22 heavy (non-hydrogen) atoms. The number of ether oxygens (including phenoxy) is 1. The van der Waals surface area contributed by atoms with Crippen molar-refractivity contribution < 1.29 is 4.74 Å². The zero-order chi connectivity index (χ0) is 15.4. The summed E-state index contributed by atoms with van der Waals surface area (Å²) in [6.07, 6.45) is 1.82. The summed E-state index contributed by atoms with van der Waals surface area (Å²) in [6.45, 7) is 7.46. The number of aromatic nitrogens is 2. The van der Waals surface area contributed by atoms with E-state index in [1.165, 1.54) is 5.56 Å². The Morgan fingerprint density at radius 2 is 2.36 bits per heavy atom. The quantitative estimate of drug-likeness (QED) is 0.918. The van der Waals surface area contributed by atoms with Crippen molar-refractivity contribution in [2.75, 3.05) is 25.1 Å². The molecule has 6 heteroatoms. The highest BCUT2D eigenvalue weighted by Crippen LogP contribution is 2.24. The molecule has 1 aliphatic rings. The van der Waals surface area contributed by atoms with Gasteiger partial charge < -0.3 is 10.1 Å². The van der Waals surface area contributed by atoms with E-state index in [2.05, 4.69) is 50.9 Å². The molecule has 0 aliphatic carbocycles. The maximum atomic E-state index is 5.67. The van der Waals surface area contributed by atoms with E-state index < -0.39 is 0 Å². The number of nitrogens with one attached hydrogen (secondary N) is 1. The smallest absolute Gasteiger partial charge is 0.150 e. The molecule has 2 aromatic rings. The van der Waals surface area contributed by atoms with Gasteiger partial charge in [-0.1, -0.05) is 0 Å². The van der Waals surface area contributed by atoms with Gasteiger partial charge in [-0.05, 0) is 42.3 Å². The van der Waals surface area contributed by atoms with Crippen LogP contribution in [-0.2, 0) is 11.3 Å². The van der Waals surface area contributed by atoms with Crippen molar-refractivity contribution in [3.8, 4) is 0 Å². The first kappa shape index (κ1) is 15.4. The van der Waals surface area contributed by atoms with E-state index in [0.717, 1.165) is 31.3 Å². The third-order valence-corrected chi connectivity index (χ3v) is 4.35. The van der Waals surface area contributed by atoms with Gasteiger partial charge in [-0.15, -0.1) is 0 Å². The largest absolute Gasteiger partial charge is 0.378 e. The summed E-state index contributed by atoms with van der Waals surface area (Å²) in [5.74, 6) is 1.71. The number of anilines is 1. The number of hydrogen-bond donors (Lipinski definition) is 1. The second kappa shape index (κ2) is 7.17. The predicted molar refractivity (Wildman–Crippen MR) is 89.1 cm³/mol. The summed E-state index contributed by atoms with van der Waals surface area (Å²) in [5.41, 5.74) is 1.34. The van der Waals surface area contributed by atoms with E-state index in [1.807, 2.05) is 12.3 Å². The molecule has 3 heterocycles. The monoisotopic (exact) mass is 318 g/mol. The summed E-state index contributed by atoms with van der Waals surface area (Å²) in [7, 11) is 0. The molecule has 0 aromatic carbocycles. The van der Waals surface area contributed by atoms with Crippen molar-refractivity contribution in [3.05, 3.63) is 40.5 Å². The fourth-order valence-electron chi connectivity index (χ4n) is 2.59. The van der Waals surface area contributed by atoms with Crippen LogP contribution in [0, 0.1) is 0 Å².